The Morgan fingerprint density at radius 3 is 2.44 bits per heavy atom. The first-order valence-corrected chi connectivity index (χ1v) is 6.69. The van der Waals surface area contributed by atoms with Crippen molar-refractivity contribution in [2.24, 2.45) is 0 Å². The molecule has 1 aliphatic rings. The van der Waals surface area contributed by atoms with E-state index in [9.17, 15) is 0 Å². The number of rotatable bonds is 8. The molecular formula is C13H22N4O. The molecule has 5 nitrogen and oxygen atoms in total. The van der Waals surface area contributed by atoms with Crippen LogP contribution in [-0.4, -0.2) is 36.8 Å². The molecule has 0 saturated heterocycles. The molecule has 2 N–H and O–H groups in total. The molecule has 18 heavy (non-hydrogen) atoms. The maximum Gasteiger partial charge on any atom is 0.136 e. The standard InChI is InChI=1S/C13H22N4O/c1-3-6-14-11-9-12(15-7-8-18-2)17-13(16-11)10-4-5-10/h9-10H,3-8H2,1-2H3,(H2,14,15,16,17). The molecule has 0 aromatic carbocycles. The largest absolute Gasteiger partial charge is 0.383 e. The van der Waals surface area contributed by atoms with Crippen molar-refractivity contribution in [1.29, 1.82) is 0 Å². The number of nitrogens with zero attached hydrogens (tertiary/aromatic N) is 2. The van der Waals surface area contributed by atoms with E-state index in [1.54, 1.807) is 7.11 Å². The molecule has 1 fully saturated rings. The SMILES string of the molecule is CCCNc1cc(NCCOC)nc(C2CC2)n1. The fourth-order valence-electron chi connectivity index (χ4n) is 1.71. The van der Waals surface area contributed by atoms with Gasteiger partial charge in [0.25, 0.3) is 0 Å². The number of methoxy groups -OCH3 is 1. The number of hydrogen-bond donors (Lipinski definition) is 2. The van der Waals surface area contributed by atoms with Gasteiger partial charge in [0.2, 0.25) is 0 Å². The third kappa shape index (κ3) is 3.84. The lowest BCUT2D eigenvalue weighted by Crippen LogP contribution is -2.12. The number of anilines is 2. The van der Waals surface area contributed by atoms with Crippen LogP contribution in [0.15, 0.2) is 6.07 Å². The van der Waals surface area contributed by atoms with E-state index in [0.29, 0.717) is 12.5 Å². The van der Waals surface area contributed by atoms with Gasteiger partial charge in [-0.3, -0.25) is 0 Å². The lowest BCUT2D eigenvalue weighted by molar-refractivity contribution is 0.210. The van der Waals surface area contributed by atoms with E-state index in [1.165, 1.54) is 12.8 Å². The second-order valence-electron chi connectivity index (χ2n) is 4.62. The average molecular weight is 250 g/mol. The van der Waals surface area contributed by atoms with Crippen molar-refractivity contribution in [3.05, 3.63) is 11.9 Å². The quantitative estimate of drug-likeness (QED) is 0.693. The topological polar surface area (TPSA) is 59.1 Å². The van der Waals surface area contributed by atoms with Crippen molar-refractivity contribution >= 4 is 11.6 Å². The minimum Gasteiger partial charge on any atom is -0.383 e. The fourth-order valence-corrected chi connectivity index (χ4v) is 1.71. The van der Waals surface area contributed by atoms with Crippen molar-refractivity contribution in [3.63, 3.8) is 0 Å². The zero-order valence-corrected chi connectivity index (χ0v) is 11.2. The van der Waals surface area contributed by atoms with Gasteiger partial charge in [0.15, 0.2) is 0 Å². The van der Waals surface area contributed by atoms with E-state index >= 15 is 0 Å². The van der Waals surface area contributed by atoms with Crippen LogP contribution in [0.1, 0.15) is 37.9 Å². The first-order chi connectivity index (χ1) is 8.83. The van der Waals surface area contributed by atoms with Crippen LogP contribution in [-0.2, 0) is 4.74 Å². The second-order valence-corrected chi connectivity index (χ2v) is 4.62. The minimum absolute atomic E-state index is 0.566. The highest BCUT2D eigenvalue weighted by molar-refractivity contribution is 5.48. The third-order valence-electron chi connectivity index (χ3n) is 2.85. The highest BCUT2D eigenvalue weighted by Gasteiger charge is 2.27. The summed E-state index contributed by atoms with van der Waals surface area (Å²) in [6, 6.07) is 1.97. The maximum atomic E-state index is 5.03. The summed E-state index contributed by atoms with van der Waals surface area (Å²) >= 11 is 0. The van der Waals surface area contributed by atoms with Crippen LogP contribution in [0, 0.1) is 0 Å². The lowest BCUT2D eigenvalue weighted by atomic mass is 10.3. The predicted molar refractivity (Wildman–Crippen MR) is 73.2 cm³/mol. The first-order valence-electron chi connectivity index (χ1n) is 6.69. The molecular weight excluding hydrogens is 228 g/mol. The van der Waals surface area contributed by atoms with Gasteiger partial charge in [-0.2, -0.15) is 0 Å². The maximum absolute atomic E-state index is 5.03. The molecule has 0 bridgehead atoms. The molecule has 0 spiro atoms. The molecule has 1 aliphatic carbocycles. The molecule has 0 amide bonds. The van der Waals surface area contributed by atoms with E-state index in [-0.39, 0.29) is 0 Å². The highest BCUT2D eigenvalue weighted by atomic mass is 16.5. The summed E-state index contributed by atoms with van der Waals surface area (Å²) in [4.78, 5) is 9.13. The Bertz CT molecular complexity index is 379. The Labute approximate surface area is 108 Å². The van der Waals surface area contributed by atoms with E-state index in [0.717, 1.165) is 37.0 Å². The van der Waals surface area contributed by atoms with E-state index in [1.807, 2.05) is 6.07 Å². The van der Waals surface area contributed by atoms with Crippen LogP contribution in [0.5, 0.6) is 0 Å². The molecule has 1 heterocycles. The molecule has 2 rings (SSSR count). The van der Waals surface area contributed by atoms with Gasteiger partial charge in [0.05, 0.1) is 6.61 Å². The summed E-state index contributed by atoms with van der Waals surface area (Å²) in [7, 11) is 1.70. The average Bonchev–Trinajstić information content (AvgIpc) is 3.21. The number of hydrogen-bond acceptors (Lipinski definition) is 5. The molecule has 1 aromatic rings. The van der Waals surface area contributed by atoms with Crippen LogP contribution in [0.4, 0.5) is 11.6 Å². The summed E-state index contributed by atoms with van der Waals surface area (Å²) < 4.78 is 5.03. The van der Waals surface area contributed by atoms with Gasteiger partial charge in [-0.25, -0.2) is 9.97 Å². The summed E-state index contributed by atoms with van der Waals surface area (Å²) in [6.07, 6.45) is 3.53. The van der Waals surface area contributed by atoms with Gasteiger partial charge in [0.1, 0.15) is 17.5 Å². The second kappa shape index (κ2) is 6.54. The highest BCUT2D eigenvalue weighted by Crippen LogP contribution is 2.38. The molecule has 0 radical (unpaired) electrons. The zero-order chi connectivity index (χ0) is 12.8. The van der Waals surface area contributed by atoms with Crippen LogP contribution >= 0.6 is 0 Å². The van der Waals surface area contributed by atoms with E-state index < -0.39 is 0 Å². The third-order valence-corrected chi connectivity index (χ3v) is 2.85. The molecule has 0 atom stereocenters. The van der Waals surface area contributed by atoms with Crippen molar-refractivity contribution in [3.8, 4) is 0 Å². The van der Waals surface area contributed by atoms with E-state index in [4.69, 9.17) is 4.74 Å². The Kier molecular flexibility index (Phi) is 4.75. The van der Waals surface area contributed by atoms with Gasteiger partial charge >= 0.3 is 0 Å². The number of aromatic nitrogens is 2. The van der Waals surface area contributed by atoms with Crippen LogP contribution < -0.4 is 10.6 Å². The zero-order valence-electron chi connectivity index (χ0n) is 11.2. The van der Waals surface area contributed by atoms with Crippen LogP contribution in [0.2, 0.25) is 0 Å². The number of nitrogens with one attached hydrogen (secondary N) is 2. The number of ether oxygens (including phenoxy) is 1. The smallest absolute Gasteiger partial charge is 0.136 e. The van der Waals surface area contributed by atoms with Crippen molar-refractivity contribution in [1.82, 2.24) is 9.97 Å². The van der Waals surface area contributed by atoms with Crippen molar-refractivity contribution in [2.45, 2.75) is 32.1 Å². The van der Waals surface area contributed by atoms with Gasteiger partial charge in [0, 0.05) is 32.2 Å². The summed E-state index contributed by atoms with van der Waals surface area (Å²) in [5.41, 5.74) is 0. The minimum atomic E-state index is 0.566. The Hall–Kier alpha value is -1.36. The van der Waals surface area contributed by atoms with E-state index in [2.05, 4.69) is 27.5 Å². The summed E-state index contributed by atoms with van der Waals surface area (Å²) in [5, 5.41) is 6.60. The molecule has 0 aliphatic heterocycles. The van der Waals surface area contributed by atoms with Crippen LogP contribution in [0.25, 0.3) is 0 Å². The predicted octanol–water partition coefficient (Wildman–Crippen LogP) is 2.23. The normalized spacial score (nSPS) is 14.6. The Balaban J connectivity index is 2.03. The molecule has 1 aromatic heterocycles. The monoisotopic (exact) mass is 250 g/mol. The fraction of sp³-hybridized carbons (Fsp3) is 0.692. The molecule has 100 valence electrons. The molecule has 1 saturated carbocycles. The van der Waals surface area contributed by atoms with Crippen molar-refractivity contribution < 1.29 is 4.74 Å². The van der Waals surface area contributed by atoms with Crippen molar-refractivity contribution in [2.75, 3.05) is 37.4 Å². The summed E-state index contributed by atoms with van der Waals surface area (Å²) in [6.45, 7) is 4.54. The van der Waals surface area contributed by atoms with Gasteiger partial charge < -0.3 is 15.4 Å². The molecule has 0 unspecified atom stereocenters. The summed E-state index contributed by atoms with van der Waals surface area (Å²) in [5.74, 6) is 3.35. The first kappa shape index (κ1) is 13.1. The van der Waals surface area contributed by atoms with Gasteiger partial charge in [-0.1, -0.05) is 6.92 Å². The lowest BCUT2D eigenvalue weighted by Gasteiger charge is -2.10. The van der Waals surface area contributed by atoms with Crippen LogP contribution in [0.3, 0.4) is 0 Å². The molecule has 5 heteroatoms. The van der Waals surface area contributed by atoms with Gasteiger partial charge in [-0.05, 0) is 19.3 Å². The Morgan fingerprint density at radius 1 is 1.22 bits per heavy atom. The van der Waals surface area contributed by atoms with Gasteiger partial charge in [-0.15, -0.1) is 0 Å². The Morgan fingerprint density at radius 2 is 1.89 bits per heavy atom.